The normalized spacial score (nSPS) is 12.1. The number of rotatable bonds is 2. The third-order valence-corrected chi connectivity index (χ3v) is 1.55. The minimum absolute atomic E-state index is 0.238. The van der Waals surface area contributed by atoms with Gasteiger partial charge < -0.3 is 11.5 Å². The van der Waals surface area contributed by atoms with Crippen LogP contribution in [-0.4, -0.2) is 11.5 Å². The first-order valence-electron chi connectivity index (χ1n) is 3.59. The third-order valence-electron chi connectivity index (χ3n) is 1.55. The van der Waals surface area contributed by atoms with Gasteiger partial charge in [-0.3, -0.25) is 4.98 Å². The molecule has 0 saturated heterocycles. The summed E-state index contributed by atoms with van der Waals surface area (Å²) in [4.78, 5) is 3.99. The lowest BCUT2D eigenvalue weighted by Crippen LogP contribution is -2.21. The van der Waals surface area contributed by atoms with Crippen LogP contribution in [0.3, 0.4) is 0 Å². The number of pyridine rings is 1. The maximum absolute atomic E-state index is 8.48. The van der Waals surface area contributed by atoms with Gasteiger partial charge in [0.05, 0.1) is 17.3 Å². The van der Waals surface area contributed by atoms with Crippen LogP contribution in [0.2, 0.25) is 0 Å². The van der Waals surface area contributed by atoms with Gasteiger partial charge in [0, 0.05) is 12.7 Å². The van der Waals surface area contributed by atoms with Gasteiger partial charge in [-0.15, -0.1) is 0 Å². The van der Waals surface area contributed by atoms with Crippen LogP contribution in [0.15, 0.2) is 18.3 Å². The molecule has 1 unspecified atom stereocenters. The molecule has 0 aliphatic carbocycles. The molecule has 4 nitrogen and oxygen atoms in total. The van der Waals surface area contributed by atoms with Gasteiger partial charge in [0.2, 0.25) is 0 Å². The van der Waals surface area contributed by atoms with Crippen LogP contribution in [0.1, 0.15) is 17.3 Å². The smallest absolute Gasteiger partial charge is 0.101 e. The van der Waals surface area contributed by atoms with E-state index in [0.29, 0.717) is 12.1 Å². The molecule has 1 aromatic heterocycles. The third kappa shape index (κ3) is 1.78. The summed E-state index contributed by atoms with van der Waals surface area (Å²) < 4.78 is 0. The van der Waals surface area contributed by atoms with Crippen molar-refractivity contribution >= 4 is 0 Å². The average Bonchev–Trinajstić information content (AvgIpc) is 2.17. The highest BCUT2D eigenvalue weighted by molar-refractivity contribution is 5.27. The van der Waals surface area contributed by atoms with E-state index < -0.39 is 0 Å². The second kappa shape index (κ2) is 3.81. The lowest BCUT2D eigenvalue weighted by Gasteiger charge is -2.06. The second-order valence-corrected chi connectivity index (χ2v) is 2.43. The van der Waals surface area contributed by atoms with Gasteiger partial charge in [0.15, 0.2) is 0 Å². The number of nitrogens with two attached hydrogens (primary N) is 2. The topological polar surface area (TPSA) is 88.7 Å². The molecule has 0 spiro atoms. The Hall–Kier alpha value is -1.44. The summed E-state index contributed by atoms with van der Waals surface area (Å²) in [6.07, 6.45) is 1.49. The monoisotopic (exact) mass is 162 g/mol. The van der Waals surface area contributed by atoms with Crippen molar-refractivity contribution in [3.05, 3.63) is 29.6 Å². The first-order valence-corrected chi connectivity index (χ1v) is 3.59. The summed E-state index contributed by atoms with van der Waals surface area (Å²) in [5.41, 5.74) is 12.2. The molecule has 62 valence electrons. The Morgan fingerprint density at radius 2 is 2.33 bits per heavy atom. The highest BCUT2D eigenvalue weighted by Gasteiger charge is 2.03. The van der Waals surface area contributed by atoms with Crippen LogP contribution in [0.5, 0.6) is 0 Å². The van der Waals surface area contributed by atoms with Gasteiger partial charge in [-0.05, 0) is 12.1 Å². The van der Waals surface area contributed by atoms with E-state index in [4.69, 9.17) is 16.7 Å². The maximum atomic E-state index is 8.48. The van der Waals surface area contributed by atoms with Crippen LogP contribution in [0.25, 0.3) is 0 Å². The van der Waals surface area contributed by atoms with Crippen molar-refractivity contribution in [2.75, 3.05) is 6.54 Å². The molecule has 1 heterocycles. The molecule has 1 aromatic rings. The Morgan fingerprint density at radius 1 is 1.58 bits per heavy atom. The molecule has 0 aliphatic heterocycles. The zero-order valence-corrected chi connectivity index (χ0v) is 6.57. The Kier molecular flexibility index (Phi) is 2.75. The summed E-state index contributed by atoms with van der Waals surface area (Å²) in [5, 5.41) is 8.48. The SMILES string of the molecule is N#Cc1ccc(C(N)CN)nc1. The highest BCUT2D eigenvalue weighted by atomic mass is 14.8. The summed E-state index contributed by atoms with van der Waals surface area (Å²) in [5.74, 6) is 0. The molecule has 0 amide bonds. The van der Waals surface area contributed by atoms with Gasteiger partial charge in [-0.2, -0.15) is 5.26 Å². The molecule has 4 heteroatoms. The fourth-order valence-corrected chi connectivity index (χ4v) is 0.812. The van der Waals surface area contributed by atoms with E-state index in [1.165, 1.54) is 6.20 Å². The second-order valence-electron chi connectivity index (χ2n) is 2.43. The van der Waals surface area contributed by atoms with Crippen molar-refractivity contribution in [2.24, 2.45) is 11.5 Å². The summed E-state index contributed by atoms with van der Waals surface area (Å²) >= 11 is 0. The molecule has 0 saturated carbocycles. The van der Waals surface area contributed by atoms with Gasteiger partial charge >= 0.3 is 0 Å². The maximum Gasteiger partial charge on any atom is 0.101 e. The molecule has 0 aliphatic rings. The highest BCUT2D eigenvalue weighted by Crippen LogP contribution is 2.05. The average molecular weight is 162 g/mol. The van der Waals surface area contributed by atoms with Crippen LogP contribution in [0.4, 0.5) is 0 Å². The van der Waals surface area contributed by atoms with E-state index in [2.05, 4.69) is 4.98 Å². The Labute approximate surface area is 70.8 Å². The molecule has 0 fully saturated rings. The molecular weight excluding hydrogens is 152 g/mol. The number of aromatic nitrogens is 1. The molecule has 0 radical (unpaired) electrons. The molecule has 12 heavy (non-hydrogen) atoms. The van der Waals surface area contributed by atoms with Crippen LogP contribution in [0, 0.1) is 11.3 Å². The van der Waals surface area contributed by atoms with Crippen molar-refractivity contribution in [1.82, 2.24) is 4.98 Å². The predicted molar refractivity (Wildman–Crippen MR) is 44.9 cm³/mol. The van der Waals surface area contributed by atoms with Crippen LogP contribution < -0.4 is 11.5 Å². The van der Waals surface area contributed by atoms with Crippen molar-refractivity contribution in [3.8, 4) is 6.07 Å². The van der Waals surface area contributed by atoms with E-state index in [9.17, 15) is 0 Å². The molecule has 4 N–H and O–H groups in total. The molecule has 1 atom stereocenters. The van der Waals surface area contributed by atoms with Crippen molar-refractivity contribution in [3.63, 3.8) is 0 Å². The van der Waals surface area contributed by atoms with Crippen LogP contribution >= 0.6 is 0 Å². The molecular formula is C8H10N4. The first kappa shape index (κ1) is 8.65. The van der Waals surface area contributed by atoms with E-state index >= 15 is 0 Å². The van der Waals surface area contributed by atoms with E-state index in [1.54, 1.807) is 12.1 Å². The van der Waals surface area contributed by atoms with Gasteiger partial charge in [0.25, 0.3) is 0 Å². The number of nitrogens with zero attached hydrogens (tertiary/aromatic N) is 2. The number of hydrogen-bond acceptors (Lipinski definition) is 4. The fourth-order valence-electron chi connectivity index (χ4n) is 0.812. The Balaban J connectivity index is 2.86. The molecule has 0 bridgehead atoms. The Bertz CT molecular complexity index is 285. The van der Waals surface area contributed by atoms with Gasteiger partial charge in [-0.25, -0.2) is 0 Å². The standard InChI is InChI=1S/C8H10N4/c9-3-6-1-2-8(12-5-6)7(11)4-10/h1-2,5,7H,4,10-11H2. The minimum atomic E-state index is -0.238. The van der Waals surface area contributed by atoms with Gasteiger partial charge in [0.1, 0.15) is 6.07 Å². The summed E-state index contributed by atoms with van der Waals surface area (Å²) in [7, 11) is 0. The van der Waals surface area contributed by atoms with Crippen molar-refractivity contribution < 1.29 is 0 Å². The lowest BCUT2D eigenvalue weighted by atomic mass is 10.2. The minimum Gasteiger partial charge on any atom is -0.329 e. The van der Waals surface area contributed by atoms with E-state index in [-0.39, 0.29) is 6.04 Å². The quantitative estimate of drug-likeness (QED) is 0.636. The molecule has 1 rings (SSSR count). The summed E-state index contributed by atoms with van der Waals surface area (Å²) in [6, 6.07) is 5.14. The Morgan fingerprint density at radius 3 is 2.75 bits per heavy atom. The zero-order valence-electron chi connectivity index (χ0n) is 6.57. The molecule has 0 aromatic carbocycles. The first-order chi connectivity index (χ1) is 5.77. The van der Waals surface area contributed by atoms with Crippen molar-refractivity contribution in [2.45, 2.75) is 6.04 Å². The fraction of sp³-hybridized carbons (Fsp3) is 0.250. The van der Waals surface area contributed by atoms with Crippen LogP contribution in [-0.2, 0) is 0 Å². The zero-order chi connectivity index (χ0) is 8.97. The van der Waals surface area contributed by atoms with Gasteiger partial charge in [-0.1, -0.05) is 0 Å². The van der Waals surface area contributed by atoms with E-state index in [0.717, 1.165) is 5.69 Å². The largest absolute Gasteiger partial charge is 0.329 e. The number of hydrogen-bond donors (Lipinski definition) is 2. The lowest BCUT2D eigenvalue weighted by molar-refractivity contribution is 0.711. The summed E-state index contributed by atoms with van der Waals surface area (Å²) in [6.45, 7) is 0.360. The number of nitriles is 1. The van der Waals surface area contributed by atoms with Crippen molar-refractivity contribution in [1.29, 1.82) is 5.26 Å². The van der Waals surface area contributed by atoms with E-state index in [1.807, 2.05) is 6.07 Å². The predicted octanol–water partition coefficient (Wildman–Crippen LogP) is -0.0882.